The first-order valence-electron chi connectivity index (χ1n) is 11.4. The van der Waals surface area contributed by atoms with E-state index in [2.05, 4.69) is 49.9 Å². The minimum atomic E-state index is -0.365. The summed E-state index contributed by atoms with van der Waals surface area (Å²) in [4.78, 5) is 32.6. The van der Waals surface area contributed by atoms with Crippen LogP contribution in [0.4, 0.5) is 0 Å². The van der Waals surface area contributed by atoms with Crippen molar-refractivity contribution in [1.29, 1.82) is 0 Å². The second-order valence-corrected chi connectivity index (χ2v) is 10.7. The fourth-order valence-electron chi connectivity index (χ4n) is 4.30. The zero-order valence-electron chi connectivity index (χ0n) is 19.3. The summed E-state index contributed by atoms with van der Waals surface area (Å²) in [6.07, 6.45) is 0. The zero-order valence-corrected chi connectivity index (χ0v) is 20.1. The van der Waals surface area contributed by atoms with Crippen molar-refractivity contribution in [3.63, 3.8) is 0 Å². The summed E-state index contributed by atoms with van der Waals surface area (Å²) >= 11 is 1.66. The second-order valence-electron chi connectivity index (χ2n) is 9.71. The summed E-state index contributed by atoms with van der Waals surface area (Å²) in [6.45, 7) is 10.6. The molecule has 0 spiro atoms. The van der Waals surface area contributed by atoms with Gasteiger partial charge in [-0.1, -0.05) is 63.2 Å². The largest absolute Gasteiger partial charge is 0.338 e. The molecule has 0 saturated carbocycles. The van der Waals surface area contributed by atoms with Crippen molar-refractivity contribution in [3.8, 4) is 0 Å². The molecule has 0 aromatic heterocycles. The Balaban J connectivity index is 1.36. The molecular formula is C26H33N3O2S. The van der Waals surface area contributed by atoms with E-state index in [-0.39, 0.29) is 23.3 Å². The van der Waals surface area contributed by atoms with E-state index in [1.807, 2.05) is 35.2 Å². The van der Waals surface area contributed by atoms with Crippen LogP contribution in [-0.4, -0.2) is 70.4 Å². The van der Waals surface area contributed by atoms with Crippen molar-refractivity contribution in [2.75, 3.05) is 37.8 Å². The lowest BCUT2D eigenvalue weighted by Crippen LogP contribution is -2.54. The molecule has 5 nitrogen and oxygen atoms in total. The highest BCUT2D eigenvalue weighted by Gasteiger charge is 2.38. The maximum atomic E-state index is 13.3. The van der Waals surface area contributed by atoms with Crippen LogP contribution < -0.4 is 0 Å². The van der Waals surface area contributed by atoms with Crippen molar-refractivity contribution < 1.29 is 9.59 Å². The molecule has 2 aromatic carbocycles. The Morgan fingerprint density at radius 1 is 0.938 bits per heavy atom. The van der Waals surface area contributed by atoms with Crippen LogP contribution in [0.1, 0.15) is 42.3 Å². The van der Waals surface area contributed by atoms with Crippen LogP contribution in [0.25, 0.3) is 0 Å². The highest BCUT2D eigenvalue weighted by atomic mass is 32.2. The molecule has 1 atom stereocenters. The molecule has 2 saturated heterocycles. The molecule has 2 aromatic rings. The molecule has 170 valence electrons. The van der Waals surface area contributed by atoms with E-state index in [0.29, 0.717) is 17.2 Å². The van der Waals surface area contributed by atoms with Crippen LogP contribution in [0.3, 0.4) is 0 Å². The van der Waals surface area contributed by atoms with E-state index in [9.17, 15) is 9.59 Å². The number of hydrogen-bond donors (Lipinski definition) is 0. The lowest BCUT2D eigenvalue weighted by molar-refractivity contribution is -0.136. The maximum absolute atomic E-state index is 13.3. The van der Waals surface area contributed by atoms with Crippen LogP contribution in [0.15, 0.2) is 54.6 Å². The lowest BCUT2D eigenvalue weighted by Gasteiger charge is -2.37. The van der Waals surface area contributed by atoms with E-state index < -0.39 is 0 Å². The molecule has 0 radical (unpaired) electrons. The highest BCUT2D eigenvalue weighted by molar-refractivity contribution is 7.99. The summed E-state index contributed by atoms with van der Waals surface area (Å²) < 4.78 is 0. The number of rotatable bonds is 4. The van der Waals surface area contributed by atoms with Gasteiger partial charge >= 0.3 is 0 Å². The number of piperazine rings is 1. The van der Waals surface area contributed by atoms with E-state index in [1.54, 1.807) is 16.7 Å². The summed E-state index contributed by atoms with van der Waals surface area (Å²) in [5.74, 6) is 1.30. The number of hydrogen-bond acceptors (Lipinski definition) is 4. The second kappa shape index (κ2) is 9.67. The van der Waals surface area contributed by atoms with Crippen molar-refractivity contribution in [1.82, 2.24) is 14.7 Å². The maximum Gasteiger partial charge on any atom is 0.255 e. The third-order valence-electron chi connectivity index (χ3n) is 6.36. The van der Waals surface area contributed by atoms with Gasteiger partial charge in [0, 0.05) is 44.0 Å². The van der Waals surface area contributed by atoms with Gasteiger partial charge in [0.15, 0.2) is 0 Å². The van der Waals surface area contributed by atoms with E-state index in [4.69, 9.17) is 0 Å². The molecule has 1 unspecified atom stereocenters. The van der Waals surface area contributed by atoms with Crippen LogP contribution in [0.2, 0.25) is 0 Å². The van der Waals surface area contributed by atoms with E-state index >= 15 is 0 Å². The van der Waals surface area contributed by atoms with Crippen molar-refractivity contribution >= 4 is 23.6 Å². The van der Waals surface area contributed by atoms with Gasteiger partial charge in [-0.25, -0.2) is 0 Å². The summed E-state index contributed by atoms with van der Waals surface area (Å²) in [5.41, 5.74) is 3.21. The Kier molecular flexibility index (Phi) is 6.91. The average molecular weight is 452 g/mol. The van der Waals surface area contributed by atoms with Gasteiger partial charge < -0.3 is 9.80 Å². The summed E-state index contributed by atoms with van der Waals surface area (Å²) in [6, 6.07) is 17.9. The zero-order chi connectivity index (χ0) is 22.7. The Labute approximate surface area is 195 Å². The average Bonchev–Trinajstić information content (AvgIpc) is 3.29. The van der Waals surface area contributed by atoms with Crippen molar-refractivity contribution in [2.45, 2.75) is 38.8 Å². The molecule has 6 heteroatoms. The number of carbonyl (C=O) groups excluding carboxylic acids is 2. The van der Waals surface area contributed by atoms with Gasteiger partial charge in [-0.15, -0.1) is 11.8 Å². The SMILES string of the molecule is CC(C)(C)c1ccc(C(=O)N2CSCC2C(=O)N2CCN(Cc3ccccc3)CC2)cc1. The molecule has 0 N–H and O–H groups in total. The van der Waals surface area contributed by atoms with Gasteiger partial charge in [-0.05, 0) is 28.7 Å². The molecule has 2 amide bonds. The predicted octanol–water partition coefficient (Wildman–Crippen LogP) is 3.84. The minimum absolute atomic E-state index is 0.0449. The van der Waals surface area contributed by atoms with Gasteiger partial charge in [0.2, 0.25) is 5.91 Å². The topological polar surface area (TPSA) is 43.9 Å². The van der Waals surface area contributed by atoms with Crippen LogP contribution in [0.5, 0.6) is 0 Å². The molecule has 4 rings (SSSR count). The number of amides is 2. The van der Waals surface area contributed by atoms with E-state index in [1.165, 1.54) is 11.1 Å². The monoisotopic (exact) mass is 451 g/mol. The molecule has 2 aliphatic rings. The Morgan fingerprint density at radius 2 is 1.59 bits per heavy atom. The summed E-state index contributed by atoms with van der Waals surface area (Å²) in [5, 5.41) is 0. The highest BCUT2D eigenvalue weighted by Crippen LogP contribution is 2.27. The van der Waals surface area contributed by atoms with Crippen LogP contribution >= 0.6 is 11.8 Å². The first kappa shape index (κ1) is 22.9. The Bertz CT molecular complexity index is 932. The molecule has 0 aliphatic carbocycles. The Morgan fingerprint density at radius 3 is 2.22 bits per heavy atom. The summed E-state index contributed by atoms with van der Waals surface area (Å²) in [7, 11) is 0. The molecule has 2 fully saturated rings. The van der Waals surface area contributed by atoms with Gasteiger partial charge in [-0.2, -0.15) is 0 Å². The number of carbonyl (C=O) groups is 2. The van der Waals surface area contributed by atoms with Gasteiger partial charge in [-0.3, -0.25) is 14.5 Å². The van der Waals surface area contributed by atoms with Crippen molar-refractivity contribution in [3.05, 3.63) is 71.3 Å². The number of thioether (sulfide) groups is 1. The first-order chi connectivity index (χ1) is 15.3. The van der Waals surface area contributed by atoms with Gasteiger partial charge in [0.05, 0.1) is 5.88 Å². The number of nitrogens with zero attached hydrogens (tertiary/aromatic N) is 3. The smallest absolute Gasteiger partial charge is 0.255 e. The van der Waals surface area contributed by atoms with Crippen LogP contribution in [0, 0.1) is 0 Å². The fraction of sp³-hybridized carbons (Fsp3) is 0.462. The Hall–Kier alpha value is -2.31. The number of benzene rings is 2. The first-order valence-corrected chi connectivity index (χ1v) is 12.5. The van der Waals surface area contributed by atoms with E-state index in [0.717, 1.165) is 32.7 Å². The fourth-order valence-corrected chi connectivity index (χ4v) is 5.45. The van der Waals surface area contributed by atoms with Crippen molar-refractivity contribution in [2.24, 2.45) is 0 Å². The standard InChI is InChI=1S/C26H33N3O2S/c1-26(2,3)22-11-9-21(10-12-22)24(30)29-19-32-18-23(29)25(31)28-15-13-27(14-16-28)17-20-7-5-4-6-8-20/h4-12,23H,13-19H2,1-3H3. The normalized spacial score (nSPS) is 19.9. The molecule has 2 aliphatic heterocycles. The quantitative estimate of drug-likeness (QED) is 0.708. The molecule has 2 heterocycles. The third kappa shape index (κ3) is 5.18. The van der Waals surface area contributed by atoms with Gasteiger partial charge in [0.1, 0.15) is 6.04 Å². The van der Waals surface area contributed by atoms with Crippen LogP contribution in [-0.2, 0) is 16.8 Å². The lowest BCUT2D eigenvalue weighted by atomic mass is 9.86. The predicted molar refractivity (Wildman–Crippen MR) is 131 cm³/mol. The molecule has 32 heavy (non-hydrogen) atoms. The minimum Gasteiger partial charge on any atom is -0.338 e. The molecular weight excluding hydrogens is 418 g/mol. The van der Waals surface area contributed by atoms with Gasteiger partial charge in [0.25, 0.3) is 5.91 Å². The third-order valence-corrected chi connectivity index (χ3v) is 7.37. The molecule has 0 bridgehead atoms.